The summed E-state index contributed by atoms with van der Waals surface area (Å²) in [6.07, 6.45) is 2.04. The van der Waals surface area contributed by atoms with Crippen LogP contribution in [0.4, 0.5) is 13.2 Å². The summed E-state index contributed by atoms with van der Waals surface area (Å²) >= 11 is 0. The molecule has 0 spiro atoms. The number of carbonyl (C=O) groups is 2. The normalized spacial score (nSPS) is 17.9. The van der Waals surface area contributed by atoms with Crippen molar-refractivity contribution in [1.29, 1.82) is 0 Å². The maximum absolute atomic E-state index is 15.3. The van der Waals surface area contributed by atoms with E-state index in [1.807, 2.05) is 11.8 Å². The first kappa shape index (κ1) is 33.9. The van der Waals surface area contributed by atoms with E-state index in [0.29, 0.717) is 42.1 Å². The van der Waals surface area contributed by atoms with E-state index in [-0.39, 0.29) is 48.6 Å². The van der Waals surface area contributed by atoms with E-state index in [9.17, 15) is 18.4 Å². The Labute approximate surface area is 261 Å². The molecule has 2 amide bonds. The topological polar surface area (TPSA) is 96.9 Å². The smallest absolute Gasteiger partial charge is 0.388 e. The first-order valence-corrected chi connectivity index (χ1v) is 14.9. The maximum atomic E-state index is 15.3. The van der Waals surface area contributed by atoms with E-state index in [0.717, 1.165) is 5.56 Å². The van der Waals surface area contributed by atoms with Gasteiger partial charge in [-0.05, 0) is 43.5 Å². The van der Waals surface area contributed by atoms with Crippen LogP contribution in [0.25, 0.3) is 11.3 Å². The fourth-order valence-corrected chi connectivity index (χ4v) is 5.60. The summed E-state index contributed by atoms with van der Waals surface area (Å²) in [5, 5.41) is 2.97. The molecule has 4 rings (SSSR count). The summed E-state index contributed by atoms with van der Waals surface area (Å²) < 4.78 is 50.2. The third-order valence-corrected chi connectivity index (χ3v) is 7.88. The molecular weight excluding hydrogens is 587 g/mol. The monoisotopic (exact) mass is 627 g/mol. The predicted octanol–water partition coefficient (Wildman–Crippen LogP) is 5.14. The average molecular weight is 628 g/mol. The number of ether oxygens (including phenoxy) is 2. The van der Waals surface area contributed by atoms with Crippen molar-refractivity contribution in [2.24, 2.45) is 5.92 Å². The SMILES string of the molecule is COCC[C@H](c1nccc(C)c1F)N1C[C@@H](C)N(C(=O)C(C)C)[C@@H](C(=O)NCc2ccc(-c3cccc(OC(F)F)n3)cc2)C1. The van der Waals surface area contributed by atoms with Crippen LogP contribution in [-0.2, 0) is 20.9 Å². The molecule has 0 aliphatic carbocycles. The minimum Gasteiger partial charge on any atom is -0.417 e. The molecule has 242 valence electrons. The van der Waals surface area contributed by atoms with Gasteiger partial charge in [0.05, 0.1) is 17.4 Å². The molecule has 3 aromatic rings. The molecule has 45 heavy (non-hydrogen) atoms. The van der Waals surface area contributed by atoms with Crippen LogP contribution in [0.3, 0.4) is 0 Å². The molecule has 3 heterocycles. The summed E-state index contributed by atoms with van der Waals surface area (Å²) in [5.74, 6) is -1.35. The molecule has 1 saturated heterocycles. The van der Waals surface area contributed by atoms with E-state index in [4.69, 9.17) is 4.74 Å². The fourth-order valence-electron chi connectivity index (χ4n) is 5.60. The molecule has 0 saturated carbocycles. The summed E-state index contributed by atoms with van der Waals surface area (Å²) in [7, 11) is 1.58. The second-order valence-corrected chi connectivity index (χ2v) is 11.5. The Hall–Kier alpha value is -4.03. The van der Waals surface area contributed by atoms with Gasteiger partial charge in [0.2, 0.25) is 17.7 Å². The number of pyridine rings is 2. The first-order chi connectivity index (χ1) is 21.5. The highest BCUT2D eigenvalue weighted by Crippen LogP contribution is 2.31. The van der Waals surface area contributed by atoms with Crippen molar-refractivity contribution in [3.8, 4) is 17.1 Å². The van der Waals surface area contributed by atoms with Gasteiger partial charge in [0.1, 0.15) is 11.9 Å². The van der Waals surface area contributed by atoms with Gasteiger partial charge in [0.25, 0.3) is 0 Å². The molecular formula is C33H40F3N5O4. The molecule has 3 atom stereocenters. The second-order valence-electron chi connectivity index (χ2n) is 11.5. The molecule has 1 aromatic carbocycles. The Morgan fingerprint density at radius 1 is 1.09 bits per heavy atom. The highest BCUT2D eigenvalue weighted by Gasteiger charge is 2.42. The van der Waals surface area contributed by atoms with Gasteiger partial charge in [-0.15, -0.1) is 0 Å². The molecule has 1 aliphatic rings. The third kappa shape index (κ3) is 8.37. The summed E-state index contributed by atoms with van der Waals surface area (Å²) in [6.45, 7) is 5.40. The number of nitrogens with zero attached hydrogens (tertiary/aromatic N) is 4. The van der Waals surface area contributed by atoms with Crippen LogP contribution >= 0.6 is 0 Å². The Morgan fingerprint density at radius 2 is 1.82 bits per heavy atom. The lowest BCUT2D eigenvalue weighted by Crippen LogP contribution is -2.65. The number of halogens is 3. The minimum absolute atomic E-state index is 0.134. The van der Waals surface area contributed by atoms with Crippen LogP contribution in [0.5, 0.6) is 5.88 Å². The molecule has 12 heteroatoms. The van der Waals surface area contributed by atoms with Gasteiger partial charge in [-0.3, -0.25) is 19.5 Å². The van der Waals surface area contributed by atoms with E-state index < -0.39 is 18.7 Å². The molecule has 0 unspecified atom stereocenters. The number of hydrogen-bond acceptors (Lipinski definition) is 7. The quantitative estimate of drug-likeness (QED) is 0.297. The van der Waals surface area contributed by atoms with Crippen LogP contribution in [0.2, 0.25) is 0 Å². The Bertz CT molecular complexity index is 1460. The Balaban J connectivity index is 1.53. The van der Waals surface area contributed by atoms with Crippen molar-refractivity contribution in [2.75, 3.05) is 26.8 Å². The number of methoxy groups -OCH3 is 1. The highest BCUT2D eigenvalue weighted by molar-refractivity contribution is 5.89. The average Bonchev–Trinajstić information content (AvgIpc) is 3.01. The van der Waals surface area contributed by atoms with Gasteiger partial charge >= 0.3 is 6.61 Å². The minimum atomic E-state index is -2.97. The van der Waals surface area contributed by atoms with Crippen LogP contribution in [-0.4, -0.2) is 77.1 Å². The number of carbonyl (C=O) groups excluding carboxylic acids is 2. The van der Waals surface area contributed by atoms with Gasteiger partial charge in [0.15, 0.2) is 0 Å². The zero-order valence-corrected chi connectivity index (χ0v) is 26.2. The van der Waals surface area contributed by atoms with E-state index in [2.05, 4.69) is 20.0 Å². The maximum Gasteiger partial charge on any atom is 0.388 e. The van der Waals surface area contributed by atoms with Crippen LogP contribution in [0, 0.1) is 18.7 Å². The van der Waals surface area contributed by atoms with E-state index in [1.165, 1.54) is 6.07 Å². The Morgan fingerprint density at radius 3 is 2.49 bits per heavy atom. The molecule has 9 nitrogen and oxygen atoms in total. The fraction of sp³-hybridized carbons (Fsp3) is 0.455. The van der Waals surface area contributed by atoms with Crippen molar-refractivity contribution in [2.45, 2.75) is 65.4 Å². The number of rotatable bonds is 12. The molecule has 1 fully saturated rings. The lowest BCUT2D eigenvalue weighted by Gasteiger charge is -2.47. The van der Waals surface area contributed by atoms with Crippen molar-refractivity contribution >= 4 is 11.8 Å². The van der Waals surface area contributed by atoms with Gasteiger partial charge in [-0.1, -0.05) is 44.2 Å². The van der Waals surface area contributed by atoms with Crippen LogP contribution in [0.1, 0.15) is 50.1 Å². The second kappa shape index (κ2) is 15.3. The van der Waals surface area contributed by atoms with Gasteiger partial charge in [-0.25, -0.2) is 9.37 Å². The number of amides is 2. The van der Waals surface area contributed by atoms with E-state index >= 15 is 4.39 Å². The van der Waals surface area contributed by atoms with Crippen LogP contribution in [0.15, 0.2) is 54.7 Å². The number of hydrogen-bond donors (Lipinski definition) is 1. The molecule has 2 aromatic heterocycles. The third-order valence-electron chi connectivity index (χ3n) is 7.88. The number of aromatic nitrogens is 2. The number of piperazine rings is 1. The van der Waals surface area contributed by atoms with Crippen molar-refractivity contribution in [3.05, 3.63) is 77.4 Å². The number of benzene rings is 1. The van der Waals surface area contributed by atoms with Gasteiger partial charge < -0.3 is 19.7 Å². The van der Waals surface area contributed by atoms with Gasteiger partial charge in [-0.2, -0.15) is 8.78 Å². The lowest BCUT2D eigenvalue weighted by atomic mass is 9.97. The zero-order valence-electron chi connectivity index (χ0n) is 26.2. The van der Waals surface area contributed by atoms with Crippen LogP contribution < -0.4 is 10.1 Å². The Kier molecular flexibility index (Phi) is 11.5. The van der Waals surface area contributed by atoms with Gasteiger partial charge in [0, 0.05) is 63.1 Å². The van der Waals surface area contributed by atoms with E-state index in [1.54, 1.807) is 81.4 Å². The number of alkyl halides is 2. The largest absolute Gasteiger partial charge is 0.417 e. The summed E-state index contributed by atoms with van der Waals surface area (Å²) in [4.78, 5) is 39.3. The zero-order chi connectivity index (χ0) is 32.7. The van der Waals surface area contributed by atoms with Crippen molar-refractivity contribution in [1.82, 2.24) is 25.1 Å². The molecule has 0 radical (unpaired) electrons. The first-order valence-electron chi connectivity index (χ1n) is 14.9. The summed E-state index contributed by atoms with van der Waals surface area (Å²) in [5.41, 5.74) is 2.72. The number of nitrogens with one attached hydrogen (secondary N) is 1. The lowest BCUT2D eigenvalue weighted by molar-refractivity contribution is -0.151. The standard InChI is InChI=1S/C33H40F3N5O4/c1-20(2)32(43)41-22(4)18-40(26(14-16-44-5)30-29(34)21(3)13-15-37-30)19-27(41)31(42)38-17-23-9-11-24(12-10-23)25-7-6-8-28(39-25)45-33(35)36/h6-13,15,20,22,26-27,33H,14,16-19H2,1-5H3,(H,38,42)/t22-,26-,27-/m1/s1. The summed E-state index contributed by atoms with van der Waals surface area (Å²) in [6, 6.07) is 11.8. The predicted molar refractivity (Wildman–Crippen MR) is 163 cm³/mol. The molecule has 0 bridgehead atoms. The molecule has 1 N–H and O–H groups in total. The highest BCUT2D eigenvalue weighted by atomic mass is 19.3. The number of aryl methyl sites for hydroxylation is 1. The van der Waals surface area contributed by atoms with Crippen molar-refractivity contribution < 1.29 is 32.2 Å². The molecule has 1 aliphatic heterocycles. The van der Waals surface area contributed by atoms with Crippen molar-refractivity contribution in [3.63, 3.8) is 0 Å².